The van der Waals surface area contributed by atoms with Gasteiger partial charge in [-0.2, -0.15) is 0 Å². The molecule has 1 aliphatic heterocycles. The summed E-state index contributed by atoms with van der Waals surface area (Å²) in [5.74, 6) is 0.961. The summed E-state index contributed by atoms with van der Waals surface area (Å²) in [5, 5.41) is 3.55. The van der Waals surface area contributed by atoms with Gasteiger partial charge in [0.2, 0.25) is 0 Å². The molecule has 2 aromatic carbocycles. The molecule has 4 rings (SSSR count). The summed E-state index contributed by atoms with van der Waals surface area (Å²) in [6, 6.07) is 9.72. The number of carbonyl (C=O) groups excluding carboxylic acids is 1. The molecule has 1 atom stereocenters. The third-order valence-corrected chi connectivity index (χ3v) is 4.97. The van der Waals surface area contributed by atoms with Crippen molar-refractivity contribution >= 4 is 28.5 Å². The summed E-state index contributed by atoms with van der Waals surface area (Å²) in [4.78, 5) is 24.9. The van der Waals surface area contributed by atoms with Gasteiger partial charge >= 0.3 is 0 Å². The molecular weight excluding hydrogens is 394 g/mol. The van der Waals surface area contributed by atoms with Crippen molar-refractivity contribution < 1.29 is 18.7 Å². The number of fused-ring (bicyclic) bond motifs is 2. The zero-order valence-electron chi connectivity index (χ0n) is 16.1. The van der Waals surface area contributed by atoms with Gasteiger partial charge in [0.1, 0.15) is 23.2 Å². The Hall–Kier alpha value is -2.99. The van der Waals surface area contributed by atoms with E-state index in [0.717, 1.165) is 23.3 Å². The van der Waals surface area contributed by atoms with Crippen molar-refractivity contribution in [1.29, 1.82) is 0 Å². The second-order valence-electron chi connectivity index (χ2n) is 6.93. The Kier molecular flexibility index (Phi) is 5.20. The summed E-state index contributed by atoms with van der Waals surface area (Å²) in [7, 11) is 0. The Labute approximate surface area is 172 Å². The molecule has 0 aliphatic carbocycles. The topological polar surface area (TPSA) is 77.8 Å². The summed E-state index contributed by atoms with van der Waals surface area (Å²) >= 11 is 5.92. The van der Waals surface area contributed by atoms with E-state index in [2.05, 4.69) is 5.32 Å². The number of hydrogen-bond acceptors (Lipinski definition) is 5. The monoisotopic (exact) mass is 413 g/mol. The van der Waals surface area contributed by atoms with Gasteiger partial charge in [0.15, 0.2) is 11.2 Å². The summed E-state index contributed by atoms with van der Waals surface area (Å²) in [6.45, 7) is 4.64. The van der Waals surface area contributed by atoms with Crippen molar-refractivity contribution in [1.82, 2.24) is 5.32 Å². The Morgan fingerprint density at radius 1 is 1.28 bits per heavy atom. The van der Waals surface area contributed by atoms with E-state index in [1.54, 1.807) is 12.1 Å². The number of rotatable bonds is 5. The molecule has 3 aromatic rings. The molecule has 0 bridgehead atoms. The van der Waals surface area contributed by atoms with Crippen molar-refractivity contribution in [2.45, 2.75) is 32.9 Å². The van der Waals surface area contributed by atoms with Crippen LogP contribution >= 0.6 is 11.6 Å². The quantitative estimate of drug-likeness (QED) is 0.681. The second kappa shape index (κ2) is 7.79. The number of benzene rings is 2. The molecule has 1 N–H and O–H groups in total. The van der Waals surface area contributed by atoms with Gasteiger partial charge in [-0.05, 0) is 44.2 Å². The van der Waals surface area contributed by atoms with Crippen LogP contribution in [0, 0.1) is 0 Å². The van der Waals surface area contributed by atoms with Crippen LogP contribution in [0.2, 0.25) is 5.02 Å². The molecule has 0 fully saturated rings. The maximum Gasteiger partial charge on any atom is 0.287 e. The van der Waals surface area contributed by atoms with E-state index in [-0.39, 0.29) is 23.8 Å². The lowest BCUT2D eigenvalue weighted by Gasteiger charge is -2.13. The lowest BCUT2D eigenvalue weighted by atomic mass is 10.1. The minimum absolute atomic E-state index is 0.0613. The normalized spacial score (nSPS) is 15.1. The molecule has 29 heavy (non-hydrogen) atoms. The van der Waals surface area contributed by atoms with Crippen molar-refractivity contribution in [2.24, 2.45) is 0 Å². The molecule has 1 aromatic heterocycles. The molecule has 0 unspecified atom stereocenters. The fourth-order valence-electron chi connectivity index (χ4n) is 3.41. The zero-order valence-corrected chi connectivity index (χ0v) is 16.8. The number of amides is 1. The Bertz CT molecular complexity index is 1150. The van der Waals surface area contributed by atoms with E-state index in [1.165, 1.54) is 12.1 Å². The molecular formula is C22H20ClNO5. The van der Waals surface area contributed by atoms with E-state index < -0.39 is 5.91 Å². The second-order valence-corrected chi connectivity index (χ2v) is 7.37. The lowest BCUT2D eigenvalue weighted by Crippen LogP contribution is -2.24. The molecule has 0 saturated heterocycles. The first kappa shape index (κ1) is 19.3. The van der Waals surface area contributed by atoms with E-state index in [9.17, 15) is 9.59 Å². The van der Waals surface area contributed by atoms with Crippen LogP contribution in [-0.2, 0) is 13.0 Å². The smallest absolute Gasteiger partial charge is 0.287 e. The van der Waals surface area contributed by atoms with E-state index in [0.29, 0.717) is 28.3 Å². The van der Waals surface area contributed by atoms with Gasteiger partial charge in [-0.15, -0.1) is 0 Å². The van der Waals surface area contributed by atoms with Crippen molar-refractivity contribution in [3.8, 4) is 11.5 Å². The van der Waals surface area contributed by atoms with Crippen LogP contribution in [0.4, 0.5) is 0 Å². The van der Waals surface area contributed by atoms with E-state index in [4.69, 9.17) is 25.5 Å². The van der Waals surface area contributed by atoms with Gasteiger partial charge in [0.25, 0.3) is 5.91 Å². The predicted octanol–water partition coefficient (Wildman–Crippen LogP) is 4.10. The molecule has 0 spiro atoms. The van der Waals surface area contributed by atoms with Gasteiger partial charge < -0.3 is 19.2 Å². The first-order chi connectivity index (χ1) is 13.9. The van der Waals surface area contributed by atoms with Crippen molar-refractivity contribution in [3.05, 3.63) is 68.5 Å². The highest BCUT2D eigenvalue weighted by Crippen LogP contribution is 2.35. The van der Waals surface area contributed by atoms with Crippen LogP contribution in [0.3, 0.4) is 0 Å². The Morgan fingerprint density at radius 3 is 2.90 bits per heavy atom. The fraction of sp³-hybridized carbons (Fsp3) is 0.273. The first-order valence-electron chi connectivity index (χ1n) is 9.41. The minimum Gasteiger partial charge on any atom is -0.494 e. The van der Waals surface area contributed by atoms with Crippen molar-refractivity contribution in [2.75, 3.05) is 6.61 Å². The van der Waals surface area contributed by atoms with Crippen LogP contribution < -0.4 is 20.2 Å². The predicted molar refractivity (Wildman–Crippen MR) is 110 cm³/mol. The highest BCUT2D eigenvalue weighted by atomic mass is 35.5. The minimum atomic E-state index is -0.490. The number of halogens is 1. The molecule has 6 nitrogen and oxygen atoms in total. The molecule has 1 amide bonds. The van der Waals surface area contributed by atoms with Crippen LogP contribution in [0.15, 0.2) is 45.6 Å². The maximum atomic E-state index is 12.6. The standard InChI is InChI=1S/C22H20ClNO5/c1-3-27-19-7-13-6-12(2)28-20(13)8-14(19)11-24-22(26)21-10-17(25)16-9-15(23)4-5-18(16)29-21/h4-5,7-10,12H,3,6,11H2,1-2H3,(H,24,26)/t12-/m0/s1. The number of nitrogens with one attached hydrogen (secondary N) is 1. The third-order valence-electron chi connectivity index (χ3n) is 4.73. The molecule has 0 radical (unpaired) electrons. The average molecular weight is 414 g/mol. The van der Waals surface area contributed by atoms with Crippen LogP contribution in [0.25, 0.3) is 11.0 Å². The number of hydrogen-bond donors (Lipinski definition) is 1. The molecule has 1 aliphatic rings. The number of ether oxygens (including phenoxy) is 2. The van der Waals surface area contributed by atoms with Crippen LogP contribution in [0.1, 0.15) is 35.5 Å². The third kappa shape index (κ3) is 3.93. The highest BCUT2D eigenvalue weighted by molar-refractivity contribution is 6.31. The number of carbonyl (C=O) groups is 1. The Morgan fingerprint density at radius 2 is 2.10 bits per heavy atom. The molecule has 2 heterocycles. The van der Waals surface area contributed by atoms with Crippen LogP contribution in [-0.4, -0.2) is 18.6 Å². The van der Waals surface area contributed by atoms with Crippen LogP contribution in [0.5, 0.6) is 11.5 Å². The van der Waals surface area contributed by atoms with E-state index >= 15 is 0 Å². The van der Waals surface area contributed by atoms with Gasteiger partial charge in [-0.1, -0.05) is 11.6 Å². The largest absolute Gasteiger partial charge is 0.494 e. The van der Waals surface area contributed by atoms with E-state index in [1.807, 2.05) is 26.0 Å². The lowest BCUT2D eigenvalue weighted by molar-refractivity contribution is 0.0923. The SMILES string of the molecule is CCOc1cc2c(cc1CNC(=O)c1cc(=O)c3cc(Cl)ccc3o1)O[C@@H](C)C2. The fourth-order valence-corrected chi connectivity index (χ4v) is 3.58. The summed E-state index contributed by atoms with van der Waals surface area (Å²) in [6.07, 6.45) is 0.943. The zero-order chi connectivity index (χ0) is 20.5. The first-order valence-corrected chi connectivity index (χ1v) is 9.79. The molecule has 0 saturated carbocycles. The Balaban J connectivity index is 1.57. The van der Waals surface area contributed by atoms with Gasteiger partial charge in [-0.25, -0.2) is 0 Å². The van der Waals surface area contributed by atoms with Gasteiger partial charge in [-0.3, -0.25) is 9.59 Å². The summed E-state index contributed by atoms with van der Waals surface area (Å²) < 4.78 is 17.1. The van der Waals surface area contributed by atoms with Gasteiger partial charge in [0.05, 0.1) is 12.0 Å². The molecule has 150 valence electrons. The average Bonchev–Trinajstić information content (AvgIpc) is 3.05. The molecule has 7 heteroatoms. The highest BCUT2D eigenvalue weighted by Gasteiger charge is 2.22. The van der Waals surface area contributed by atoms with Crippen molar-refractivity contribution in [3.63, 3.8) is 0 Å². The maximum absolute atomic E-state index is 12.6. The van der Waals surface area contributed by atoms with Gasteiger partial charge in [0, 0.05) is 35.2 Å². The summed E-state index contributed by atoms with van der Waals surface area (Å²) in [5.41, 5.74) is 1.87.